The molecular formula is C23H24Cl3NO5S. The van der Waals surface area contributed by atoms with Gasteiger partial charge in [-0.3, -0.25) is 0 Å². The van der Waals surface area contributed by atoms with Gasteiger partial charge in [-0.2, -0.15) is 0 Å². The van der Waals surface area contributed by atoms with E-state index in [1.807, 2.05) is 36.4 Å². The lowest BCUT2D eigenvalue weighted by Gasteiger charge is -2.27. The van der Waals surface area contributed by atoms with E-state index in [0.29, 0.717) is 34.0 Å². The van der Waals surface area contributed by atoms with Crippen molar-refractivity contribution in [3.05, 3.63) is 69.7 Å². The highest BCUT2D eigenvalue weighted by Crippen LogP contribution is 2.41. The molecule has 0 unspecified atom stereocenters. The molecule has 0 radical (unpaired) electrons. The monoisotopic (exact) mass is 531 g/mol. The quantitative estimate of drug-likeness (QED) is 0.294. The van der Waals surface area contributed by atoms with E-state index in [9.17, 15) is 8.42 Å². The molecule has 3 rings (SSSR count). The van der Waals surface area contributed by atoms with Gasteiger partial charge in [0.05, 0.1) is 15.9 Å². The van der Waals surface area contributed by atoms with Crippen molar-refractivity contribution in [2.45, 2.75) is 37.3 Å². The maximum absolute atomic E-state index is 11.9. The highest BCUT2D eigenvalue weighted by atomic mass is 35.5. The van der Waals surface area contributed by atoms with Crippen LogP contribution in [0.4, 0.5) is 0 Å². The number of hydrogen-bond acceptors (Lipinski definition) is 6. The fourth-order valence-corrected chi connectivity index (χ4v) is 4.85. The van der Waals surface area contributed by atoms with Crippen LogP contribution in [0, 0.1) is 0 Å². The van der Waals surface area contributed by atoms with E-state index in [4.69, 9.17) is 48.7 Å². The Balaban J connectivity index is 1.81. The Kier molecular flexibility index (Phi) is 7.89. The van der Waals surface area contributed by atoms with Gasteiger partial charge >= 0.3 is 0 Å². The maximum Gasteiger partial charge on any atom is 0.200 e. The second-order valence-corrected chi connectivity index (χ2v) is 11.1. The van der Waals surface area contributed by atoms with Crippen LogP contribution in [0.5, 0.6) is 11.5 Å². The van der Waals surface area contributed by atoms with E-state index >= 15 is 0 Å². The molecule has 3 aromatic rings. The number of hydrogen-bond donors (Lipinski definition) is 0. The largest absolute Gasteiger partial charge is 0.489 e. The molecule has 1 heterocycles. The van der Waals surface area contributed by atoms with Gasteiger partial charge in [0.1, 0.15) is 12.4 Å². The molecule has 2 aromatic carbocycles. The molecule has 0 aliphatic rings. The van der Waals surface area contributed by atoms with Crippen LogP contribution in [0.2, 0.25) is 10.0 Å². The topological polar surface area (TPSA) is 78.6 Å². The highest BCUT2D eigenvalue weighted by molar-refractivity contribution is 7.90. The SMILES string of the molecule is C[C@H](Oc1ccc(C(C)(C)c2cc(Cl)c(OCCCl)c(Cl)c2)cc1)c1ocnc1S(C)(=O)=O. The first-order chi connectivity index (χ1) is 15.4. The fraction of sp³-hybridized carbons (Fsp3) is 0.348. The number of nitrogens with zero attached hydrogens (tertiary/aromatic N) is 1. The van der Waals surface area contributed by atoms with Gasteiger partial charge < -0.3 is 13.9 Å². The fourth-order valence-electron chi connectivity index (χ4n) is 3.37. The van der Waals surface area contributed by atoms with Gasteiger partial charge in [-0.15, -0.1) is 11.6 Å². The predicted octanol–water partition coefficient (Wildman–Crippen LogP) is 6.47. The van der Waals surface area contributed by atoms with Gasteiger partial charge in [-0.25, -0.2) is 13.4 Å². The minimum absolute atomic E-state index is 0.125. The van der Waals surface area contributed by atoms with Gasteiger partial charge in [-0.1, -0.05) is 49.2 Å². The minimum atomic E-state index is -3.52. The van der Waals surface area contributed by atoms with Crippen LogP contribution in [-0.4, -0.2) is 32.1 Å². The van der Waals surface area contributed by atoms with E-state index in [-0.39, 0.29) is 10.8 Å². The van der Waals surface area contributed by atoms with E-state index in [2.05, 4.69) is 18.8 Å². The Labute approximate surface area is 208 Å². The van der Waals surface area contributed by atoms with Crippen molar-refractivity contribution in [1.82, 2.24) is 4.98 Å². The molecule has 10 heteroatoms. The van der Waals surface area contributed by atoms with E-state index in [1.54, 1.807) is 6.92 Å². The number of aromatic nitrogens is 1. The Morgan fingerprint density at radius 2 is 1.70 bits per heavy atom. The summed E-state index contributed by atoms with van der Waals surface area (Å²) < 4.78 is 40.4. The average molecular weight is 533 g/mol. The molecule has 0 aliphatic heterocycles. The Morgan fingerprint density at radius 3 is 2.24 bits per heavy atom. The summed E-state index contributed by atoms with van der Waals surface area (Å²) >= 11 is 18.5. The highest BCUT2D eigenvalue weighted by Gasteiger charge is 2.27. The molecule has 1 aromatic heterocycles. The molecule has 0 amide bonds. The van der Waals surface area contributed by atoms with E-state index in [1.165, 1.54) is 0 Å². The lowest BCUT2D eigenvalue weighted by atomic mass is 9.78. The van der Waals surface area contributed by atoms with Gasteiger partial charge in [0, 0.05) is 11.7 Å². The summed E-state index contributed by atoms with van der Waals surface area (Å²) in [6.45, 7) is 6.12. The minimum Gasteiger partial charge on any atom is -0.489 e. The van der Waals surface area contributed by atoms with Crippen molar-refractivity contribution in [1.29, 1.82) is 0 Å². The van der Waals surface area contributed by atoms with Crippen LogP contribution >= 0.6 is 34.8 Å². The van der Waals surface area contributed by atoms with Crippen molar-refractivity contribution < 1.29 is 22.3 Å². The zero-order valence-corrected chi connectivity index (χ0v) is 21.6. The zero-order chi connectivity index (χ0) is 24.4. The summed E-state index contributed by atoms with van der Waals surface area (Å²) in [4.78, 5) is 3.80. The third kappa shape index (κ3) is 5.77. The summed E-state index contributed by atoms with van der Waals surface area (Å²) in [6, 6.07) is 11.1. The summed E-state index contributed by atoms with van der Waals surface area (Å²) in [5, 5.41) is 0.705. The Bertz CT molecular complexity index is 1200. The Hall–Kier alpha value is -1.93. The first-order valence-corrected chi connectivity index (χ1v) is 13.2. The number of oxazole rings is 1. The molecule has 0 N–H and O–H groups in total. The molecule has 1 atom stereocenters. The molecule has 0 saturated carbocycles. The van der Waals surface area contributed by atoms with E-state index in [0.717, 1.165) is 23.8 Å². The van der Waals surface area contributed by atoms with Gasteiger partial charge in [0.25, 0.3) is 0 Å². The molecule has 0 saturated heterocycles. The van der Waals surface area contributed by atoms with Gasteiger partial charge in [0.15, 0.2) is 38.9 Å². The van der Waals surface area contributed by atoms with Crippen molar-refractivity contribution >= 4 is 44.6 Å². The number of sulfone groups is 1. The summed E-state index contributed by atoms with van der Waals surface area (Å²) in [7, 11) is -3.52. The predicted molar refractivity (Wildman–Crippen MR) is 130 cm³/mol. The second-order valence-electron chi connectivity index (χ2n) is 8.01. The van der Waals surface area contributed by atoms with Crippen LogP contribution in [0.25, 0.3) is 0 Å². The molecule has 33 heavy (non-hydrogen) atoms. The summed E-state index contributed by atoms with van der Waals surface area (Å²) in [5.41, 5.74) is 1.49. The van der Waals surface area contributed by atoms with Crippen molar-refractivity contribution in [3.63, 3.8) is 0 Å². The van der Waals surface area contributed by atoms with Gasteiger partial charge in [0.2, 0.25) is 0 Å². The number of halogens is 3. The van der Waals surface area contributed by atoms with Gasteiger partial charge in [-0.05, 0) is 42.3 Å². The first-order valence-electron chi connectivity index (χ1n) is 10.0. The van der Waals surface area contributed by atoms with Crippen molar-refractivity contribution in [2.75, 3.05) is 18.7 Å². The zero-order valence-electron chi connectivity index (χ0n) is 18.6. The average Bonchev–Trinajstić information content (AvgIpc) is 3.24. The lowest BCUT2D eigenvalue weighted by Crippen LogP contribution is -2.19. The molecule has 178 valence electrons. The van der Waals surface area contributed by atoms with Crippen molar-refractivity contribution in [3.8, 4) is 11.5 Å². The number of ether oxygens (including phenoxy) is 2. The number of benzene rings is 2. The standard InChI is InChI=1S/C23H24Cl3NO5S/c1-14(20-22(27-13-31-20)33(4,28)29)32-17-7-5-15(6-8-17)23(2,3)16-11-18(25)21(19(26)12-16)30-10-9-24/h5-8,11-14H,9-10H2,1-4H3/t14-/m0/s1. The van der Waals surface area contributed by atoms with Crippen LogP contribution in [0.3, 0.4) is 0 Å². The Morgan fingerprint density at radius 1 is 1.09 bits per heavy atom. The van der Waals surface area contributed by atoms with Crippen LogP contribution in [-0.2, 0) is 15.3 Å². The van der Waals surface area contributed by atoms with Crippen LogP contribution < -0.4 is 9.47 Å². The molecule has 6 nitrogen and oxygen atoms in total. The molecule has 0 spiro atoms. The lowest BCUT2D eigenvalue weighted by molar-refractivity contribution is 0.191. The van der Waals surface area contributed by atoms with Crippen molar-refractivity contribution in [2.24, 2.45) is 0 Å². The summed E-state index contributed by atoms with van der Waals surface area (Å²) in [6.07, 6.45) is 1.53. The molecular weight excluding hydrogens is 509 g/mol. The number of rotatable bonds is 9. The molecule has 0 bridgehead atoms. The third-order valence-corrected chi connectivity index (χ3v) is 6.94. The van der Waals surface area contributed by atoms with Crippen LogP contribution in [0.15, 0.2) is 52.2 Å². The first kappa shape index (κ1) is 25.7. The smallest absolute Gasteiger partial charge is 0.200 e. The van der Waals surface area contributed by atoms with E-state index < -0.39 is 21.4 Å². The number of alkyl halides is 1. The third-order valence-electron chi connectivity index (χ3n) is 5.21. The molecule has 0 fully saturated rings. The second kappa shape index (κ2) is 10.1. The normalized spacial score (nSPS) is 13.1. The van der Waals surface area contributed by atoms with Crippen LogP contribution in [0.1, 0.15) is 43.8 Å². The molecule has 0 aliphatic carbocycles. The maximum atomic E-state index is 11.9. The summed E-state index contributed by atoms with van der Waals surface area (Å²) in [5.74, 6) is 1.46.